The molecule has 25 heavy (non-hydrogen) atoms. The van der Waals surface area contributed by atoms with Gasteiger partial charge in [-0.3, -0.25) is 9.36 Å². The highest BCUT2D eigenvalue weighted by molar-refractivity contribution is 5.76. The van der Waals surface area contributed by atoms with E-state index in [0.717, 1.165) is 15.7 Å². The summed E-state index contributed by atoms with van der Waals surface area (Å²) in [4.78, 5) is 16.3. The molecule has 3 aromatic rings. The number of esters is 1. The standard InChI is InChI=1S/C19H18F2N2O2/c1-12-7-9-14(10-8-12)11-17(24)25-13(2)18-22-15-5-3-4-6-16(15)23(18)19(20)21/h3-10,13,19H,11H2,1-2H3. The Hall–Kier alpha value is -2.76. The molecule has 2 aromatic carbocycles. The van der Waals surface area contributed by atoms with Crippen molar-refractivity contribution in [2.45, 2.75) is 32.9 Å². The first kappa shape index (κ1) is 17.1. The van der Waals surface area contributed by atoms with Gasteiger partial charge in [-0.05, 0) is 31.5 Å². The second-order valence-corrected chi connectivity index (χ2v) is 5.90. The zero-order valence-corrected chi connectivity index (χ0v) is 13.9. The summed E-state index contributed by atoms with van der Waals surface area (Å²) in [5.74, 6) is -0.447. The predicted molar refractivity (Wildman–Crippen MR) is 90.4 cm³/mol. The highest BCUT2D eigenvalue weighted by atomic mass is 19.3. The molecule has 130 valence electrons. The smallest absolute Gasteiger partial charge is 0.320 e. The minimum Gasteiger partial charge on any atom is -0.454 e. The average molecular weight is 344 g/mol. The number of alkyl halides is 2. The maximum atomic E-state index is 13.5. The van der Waals surface area contributed by atoms with Gasteiger partial charge < -0.3 is 4.74 Å². The third kappa shape index (κ3) is 3.68. The van der Waals surface area contributed by atoms with Gasteiger partial charge in [0.15, 0.2) is 11.9 Å². The van der Waals surface area contributed by atoms with E-state index in [1.807, 2.05) is 31.2 Å². The summed E-state index contributed by atoms with van der Waals surface area (Å²) in [6.45, 7) is 0.743. The second-order valence-electron chi connectivity index (χ2n) is 5.90. The molecule has 0 amide bonds. The molecule has 0 saturated carbocycles. The third-order valence-corrected chi connectivity index (χ3v) is 3.96. The Kier molecular flexibility index (Phi) is 4.79. The molecule has 1 heterocycles. The molecule has 0 fully saturated rings. The van der Waals surface area contributed by atoms with Gasteiger partial charge in [0.1, 0.15) is 0 Å². The summed E-state index contributed by atoms with van der Waals surface area (Å²) in [6.07, 6.45) is -0.793. The molecule has 0 aliphatic heterocycles. The summed E-state index contributed by atoms with van der Waals surface area (Å²) in [7, 11) is 0. The van der Waals surface area contributed by atoms with E-state index >= 15 is 0 Å². The van der Waals surface area contributed by atoms with Crippen molar-refractivity contribution in [2.75, 3.05) is 0 Å². The molecule has 1 atom stereocenters. The minimum absolute atomic E-state index is 0.0356. The van der Waals surface area contributed by atoms with Crippen molar-refractivity contribution in [1.29, 1.82) is 0 Å². The molecule has 0 spiro atoms. The van der Waals surface area contributed by atoms with E-state index in [1.165, 1.54) is 0 Å². The first-order chi connectivity index (χ1) is 12.0. The van der Waals surface area contributed by atoms with Crippen LogP contribution in [0.25, 0.3) is 11.0 Å². The summed E-state index contributed by atoms with van der Waals surface area (Å²) in [5.41, 5.74) is 2.66. The molecular formula is C19H18F2N2O2. The Morgan fingerprint density at radius 3 is 2.52 bits per heavy atom. The van der Waals surface area contributed by atoms with Crippen molar-refractivity contribution in [3.63, 3.8) is 0 Å². The lowest BCUT2D eigenvalue weighted by Gasteiger charge is -2.15. The lowest BCUT2D eigenvalue weighted by Crippen LogP contribution is -2.16. The summed E-state index contributed by atoms with van der Waals surface area (Å²) in [6, 6.07) is 14.1. The maximum absolute atomic E-state index is 13.5. The minimum atomic E-state index is -2.76. The summed E-state index contributed by atoms with van der Waals surface area (Å²) in [5, 5.41) is 0. The van der Waals surface area contributed by atoms with E-state index in [4.69, 9.17) is 4.74 Å². The number of carbonyl (C=O) groups excluding carboxylic acids is 1. The molecular weight excluding hydrogens is 326 g/mol. The molecule has 0 radical (unpaired) electrons. The quantitative estimate of drug-likeness (QED) is 0.636. The fraction of sp³-hybridized carbons (Fsp3) is 0.263. The number of carbonyl (C=O) groups is 1. The van der Waals surface area contributed by atoms with Crippen LogP contribution in [0.4, 0.5) is 8.78 Å². The molecule has 3 rings (SSSR count). The van der Waals surface area contributed by atoms with Gasteiger partial charge in [-0.2, -0.15) is 8.78 Å². The number of aryl methyl sites for hydroxylation is 1. The number of benzene rings is 2. The fourth-order valence-corrected chi connectivity index (χ4v) is 2.72. The zero-order valence-electron chi connectivity index (χ0n) is 13.9. The van der Waals surface area contributed by atoms with Crippen molar-refractivity contribution in [2.24, 2.45) is 0 Å². The second kappa shape index (κ2) is 7.01. The van der Waals surface area contributed by atoms with Crippen LogP contribution in [0.15, 0.2) is 48.5 Å². The summed E-state index contributed by atoms with van der Waals surface area (Å²) < 4.78 is 33.1. The van der Waals surface area contributed by atoms with E-state index in [0.29, 0.717) is 11.0 Å². The lowest BCUT2D eigenvalue weighted by atomic mass is 10.1. The number of fused-ring (bicyclic) bond motifs is 1. The van der Waals surface area contributed by atoms with E-state index in [9.17, 15) is 13.6 Å². The number of para-hydroxylation sites is 2. The van der Waals surface area contributed by atoms with Gasteiger partial charge in [-0.1, -0.05) is 42.0 Å². The van der Waals surface area contributed by atoms with Crippen molar-refractivity contribution >= 4 is 17.0 Å². The average Bonchev–Trinajstić information content (AvgIpc) is 2.96. The Balaban J connectivity index is 1.79. The van der Waals surface area contributed by atoms with Crippen LogP contribution >= 0.6 is 0 Å². The monoisotopic (exact) mass is 344 g/mol. The Morgan fingerprint density at radius 2 is 1.84 bits per heavy atom. The molecule has 6 heteroatoms. The highest BCUT2D eigenvalue weighted by Gasteiger charge is 2.24. The topological polar surface area (TPSA) is 44.1 Å². The van der Waals surface area contributed by atoms with E-state index < -0.39 is 18.6 Å². The first-order valence-electron chi connectivity index (χ1n) is 7.95. The first-order valence-corrected chi connectivity index (χ1v) is 7.95. The predicted octanol–water partition coefficient (Wildman–Crippen LogP) is 4.59. The molecule has 1 aromatic heterocycles. The molecule has 0 N–H and O–H groups in total. The SMILES string of the molecule is Cc1ccc(CC(=O)OC(C)c2nc3ccccc3n2C(F)F)cc1. The largest absolute Gasteiger partial charge is 0.454 e. The van der Waals surface area contributed by atoms with Crippen LogP contribution in [-0.2, 0) is 16.0 Å². The van der Waals surface area contributed by atoms with Gasteiger partial charge in [-0.15, -0.1) is 0 Å². The number of nitrogens with zero attached hydrogens (tertiary/aromatic N) is 2. The summed E-state index contributed by atoms with van der Waals surface area (Å²) >= 11 is 0. The normalized spacial score (nSPS) is 12.5. The van der Waals surface area contributed by atoms with Gasteiger partial charge >= 0.3 is 12.5 Å². The molecule has 4 nitrogen and oxygen atoms in total. The highest BCUT2D eigenvalue weighted by Crippen LogP contribution is 2.28. The molecule has 0 saturated heterocycles. The van der Waals surface area contributed by atoms with Crippen molar-refractivity contribution in [1.82, 2.24) is 9.55 Å². The Morgan fingerprint density at radius 1 is 1.16 bits per heavy atom. The molecule has 0 aliphatic carbocycles. The van der Waals surface area contributed by atoms with Crippen LogP contribution in [0, 0.1) is 6.92 Å². The van der Waals surface area contributed by atoms with Crippen molar-refractivity contribution in [3.05, 3.63) is 65.5 Å². The molecule has 0 aliphatic rings. The lowest BCUT2D eigenvalue weighted by molar-refractivity contribution is -0.148. The van der Waals surface area contributed by atoms with Gasteiger partial charge in [-0.25, -0.2) is 4.98 Å². The van der Waals surface area contributed by atoms with Crippen LogP contribution in [0.1, 0.15) is 36.5 Å². The Labute approximate surface area is 144 Å². The van der Waals surface area contributed by atoms with Gasteiger partial charge in [0.05, 0.1) is 17.5 Å². The number of hydrogen-bond donors (Lipinski definition) is 0. The van der Waals surface area contributed by atoms with Gasteiger partial charge in [0.25, 0.3) is 0 Å². The van der Waals surface area contributed by atoms with E-state index in [1.54, 1.807) is 31.2 Å². The number of aromatic nitrogens is 2. The van der Waals surface area contributed by atoms with Crippen molar-refractivity contribution < 1.29 is 18.3 Å². The van der Waals surface area contributed by atoms with Gasteiger partial charge in [0.2, 0.25) is 0 Å². The Bertz CT molecular complexity index is 888. The van der Waals surface area contributed by atoms with Crippen molar-refractivity contribution in [3.8, 4) is 0 Å². The van der Waals surface area contributed by atoms with Crippen LogP contribution in [0.2, 0.25) is 0 Å². The number of halogens is 2. The zero-order chi connectivity index (χ0) is 18.0. The number of ether oxygens (including phenoxy) is 1. The number of imidazole rings is 1. The third-order valence-electron chi connectivity index (χ3n) is 3.96. The maximum Gasteiger partial charge on any atom is 0.320 e. The fourth-order valence-electron chi connectivity index (χ4n) is 2.72. The van der Waals surface area contributed by atoms with E-state index in [2.05, 4.69) is 4.98 Å². The molecule has 0 bridgehead atoms. The van der Waals surface area contributed by atoms with Crippen LogP contribution in [0.5, 0.6) is 0 Å². The van der Waals surface area contributed by atoms with Crippen LogP contribution in [-0.4, -0.2) is 15.5 Å². The number of rotatable bonds is 5. The number of hydrogen-bond acceptors (Lipinski definition) is 3. The van der Waals surface area contributed by atoms with Crippen LogP contribution in [0.3, 0.4) is 0 Å². The van der Waals surface area contributed by atoms with E-state index in [-0.39, 0.29) is 12.2 Å². The molecule has 1 unspecified atom stereocenters. The van der Waals surface area contributed by atoms with Crippen LogP contribution < -0.4 is 0 Å². The van der Waals surface area contributed by atoms with Gasteiger partial charge in [0, 0.05) is 0 Å².